The van der Waals surface area contributed by atoms with Gasteiger partial charge in [-0.05, 0) is 41.8 Å². The molecule has 2 rings (SSSR count). The van der Waals surface area contributed by atoms with Crippen molar-refractivity contribution in [3.05, 3.63) is 65.2 Å². The lowest BCUT2D eigenvalue weighted by molar-refractivity contribution is -0.145. The van der Waals surface area contributed by atoms with Crippen LogP contribution < -0.4 is 10.1 Å². The van der Waals surface area contributed by atoms with E-state index in [4.69, 9.17) is 9.47 Å². The number of ether oxygens (including phenoxy) is 2. The Labute approximate surface area is 166 Å². The van der Waals surface area contributed by atoms with Gasteiger partial charge in [0.2, 0.25) is 5.91 Å². The zero-order valence-electron chi connectivity index (χ0n) is 16.2. The smallest absolute Gasteiger partial charge is 0.416 e. The van der Waals surface area contributed by atoms with Crippen molar-refractivity contribution < 1.29 is 32.2 Å². The number of methoxy groups -OCH3 is 2. The van der Waals surface area contributed by atoms with E-state index in [-0.39, 0.29) is 6.42 Å². The minimum atomic E-state index is -4.41. The van der Waals surface area contributed by atoms with E-state index in [1.54, 1.807) is 31.2 Å². The van der Waals surface area contributed by atoms with Gasteiger partial charge in [0.05, 0.1) is 19.8 Å². The Morgan fingerprint density at radius 1 is 1.07 bits per heavy atom. The Morgan fingerprint density at radius 2 is 1.72 bits per heavy atom. The zero-order valence-corrected chi connectivity index (χ0v) is 16.2. The lowest BCUT2D eigenvalue weighted by Crippen LogP contribution is -2.38. The van der Waals surface area contributed by atoms with E-state index in [2.05, 4.69) is 5.32 Å². The molecule has 0 aromatic heterocycles. The Morgan fingerprint density at radius 3 is 2.28 bits per heavy atom. The number of nitrogens with one attached hydrogen (secondary N) is 1. The van der Waals surface area contributed by atoms with Crippen molar-refractivity contribution in [1.29, 1.82) is 0 Å². The molecule has 0 heterocycles. The molecule has 2 aromatic rings. The van der Waals surface area contributed by atoms with Crippen LogP contribution in [0.4, 0.5) is 13.2 Å². The van der Waals surface area contributed by atoms with Crippen molar-refractivity contribution in [3.8, 4) is 5.75 Å². The number of carbonyl (C=O) groups excluding carboxylic acids is 2. The van der Waals surface area contributed by atoms with Crippen LogP contribution in [0, 0.1) is 5.92 Å². The first-order valence-electron chi connectivity index (χ1n) is 8.84. The fourth-order valence-corrected chi connectivity index (χ4v) is 2.78. The summed E-state index contributed by atoms with van der Waals surface area (Å²) in [4.78, 5) is 24.8. The first kappa shape index (κ1) is 22.3. The fourth-order valence-electron chi connectivity index (χ4n) is 2.78. The van der Waals surface area contributed by atoms with Crippen molar-refractivity contribution in [3.63, 3.8) is 0 Å². The highest BCUT2D eigenvalue weighted by Gasteiger charge is 2.30. The van der Waals surface area contributed by atoms with Gasteiger partial charge in [-0.25, -0.2) is 4.79 Å². The number of benzene rings is 2. The number of halogens is 3. The van der Waals surface area contributed by atoms with E-state index in [1.165, 1.54) is 26.4 Å². The van der Waals surface area contributed by atoms with Crippen LogP contribution in [-0.4, -0.2) is 26.1 Å². The molecule has 29 heavy (non-hydrogen) atoms. The molecule has 0 saturated heterocycles. The molecular weight excluding hydrogens is 387 g/mol. The number of esters is 1. The van der Waals surface area contributed by atoms with Gasteiger partial charge < -0.3 is 14.8 Å². The Kier molecular flexibility index (Phi) is 7.25. The lowest BCUT2D eigenvalue weighted by Gasteiger charge is -2.20. The molecule has 0 radical (unpaired) electrons. The van der Waals surface area contributed by atoms with E-state index in [9.17, 15) is 22.8 Å². The van der Waals surface area contributed by atoms with Gasteiger partial charge in [-0.1, -0.05) is 31.2 Å². The average molecular weight is 409 g/mol. The van der Waals surface area contributed by atoms with Gasteiger partial charge in [-0.15, -0.1) is 0 Å². The molecule has 0 fully saturated rings. The molecule has 5 nitrogen and oxygen atoms in total. The molecular formula is C21H22F3NO4. The summed E-state index contributed by atoms with van der Waals surface area (Å²) in [5.41, 5.74) is 0.324. The number of alkyl halides is 3. The maximum Gasteiger partial charge on any atom is 0.416 e. The van der Waals surface area contributed by atoms with Gasteiger partial charge in [0.15, 0.2) is 6.04 Å². The van der Waals surface area contributed by atoms with Crippen molar-refractivity contribution in [2.24, 2.45) is 5.92 Å². The van der Waals surface area contributed by atoms with Gasteiger partial charge in [0.25, 0.3) is 0 Å². The highest BCUT2D eigenvalue weighted by atomic mass is 19.4. The second-order valence-electron chi connectivity index (χ2n) is 6.54. The van der Waals surface area contributed by atoms with Crippen LogP contribution in [0.25, 0.3) is 0 Å². The van der Waals surface area contributed by atoms with Crippen LogP contribution in [0.15, 0.2) is 48.5 Å². The molecule has 1 unspecified atom stereocenters. The highest BCUT2D eigenvalue weighted by molar-refractivity contribution is 5.86. The molecule has 1 N–H and O–H groups in total. The third-order valence-electron chi connectivity index (χ3n) is 4.42. The molecule has 0 aliphatic carbocycles. The maximum atomic E-state index is 12.7. The largest absolute Gasteiger partial charge is 0.497 e. The summed E-state index contributed by atoms with van der Waals surface area (Å²) >= 11 is 0. The van der Waals surface area contributed by atoms with Crippen LogP contribution in [0.3, 0.4) is 0 Å². The molecule has 0 bridgehead atoms. The number of hydrogen-bond acceptors (Lipinski definition) is 4. The van der Waals surface area contributed by atoms with E-state index >= 15 is 0 Å². The van der Waals surface area contributed by atoms with Gasteiger partial charge in [0.1, 0.15) is 5.75 Å². The first-order valence-corrected chi connectivity index (χ1v) is 8.84. The van der Waals surface area contributed by atoms with Gasteiger partial charge in [-0.3, -0.25) is 4.79 Å². The second-order valence-corrected chi connectivity index (χ2v) is 6.54. The third-order valence-corrected chi connectivity index (χ3v) is 4.42. The molecule has 1 amide bonds. The first-order chi connectivity index (χ1) is 13.7. The summed E-state index contributed by atoms with van der Waals surface area (Å²) in [6.45, 7) is 1.63. The van der Waals surface area contributed by atoms with Crippen molar-refractivity contribution >= 4 is 11.9 Å². The van der Waals surface area contributed by atoms with Crippen molar-refractivity contribution in [2.75, 3.05) is 14.2 Å². The summed E-state index contributed by atoms with van der Waals surface area (Å²) in [5, 5.41) is 2.64. The Balaban J connectivity index is 2.11. The summed E-state index contributed by atoms with van der Waals surface area (Å²) in [5.74, 6) is -1.13. The zero-order chi connectivity index (χ0) is 21.6. The van der Waals surface area contributed by atoms with Gasteiger partial charge >= 0.3 is 12.1 Å². The quantitative estimate of drug-likeness (QED) is 0.704. The molecule has 0 saturated carbocycles. The second kappa shape index (κ2) is 9.45. The molecule has 2 aromatic carbocycles. The minimum absolute atomic E-state index is 0.218. The van der Waals surface area contributed by atoms with Crippen LogP contribution >= 0.6 is 0 Å². The maximum absolute atomic E-state index is 12.7. The number of amides is 1. The average Bonchev–Trinajstić information content (AvgIpc) is 2.70. The van der Waals surface area contributed by atoms with E-state index < -0.39 is 35.6 Å². The Hall–Kier alpha value is -3.03. The van der Waals surface area contributed by atoms with Gasteiger partial charge in [0, 0.05) is 5.92 Å². The monoisotopic (exact) mass is 409 g/mol. The highest BCUT2D eigenvalue weighted by Crippen LogP contribution is 2.29. The number of hydrogen-bond donors (Lipinski definition) is 1. The summed E-state index contributed by atoms with van der Waals surface area (Å²) in [6, 6.07) is 10.3. The third kappa shape index (κ3) is 5.97. The van der Waals surface area contributed by atoms with Crippen LogP contribution in [0.2, 0.25) is 0 Å². The topological polar surface area (TPSA) is 64.6 Å². The summed E-state index contributed by atoms with van der Waals surface area (Å²) < 4.78 is 47.9. The molecule has 0 aliphatic rings. The van der Waals surface area contributed by atoms with Gasteiger partial charge in [-0.2, -0.15) is 13.2 Å². The molecule has 0 aliphatic heterocycles. The van der Waals surface area contributed by atoms with Crippen LogP contribution in [-0.2, 0) is 26.9 Å². The van der Waals surface area contributed by atoms with Crippen LogP contribution in [0.1, 0.15) is 29.7 Å². The number of rotatable bonds is 7. The summed E-state index contributed by atoms with van der Waals surface area (Å²) in [6.07, 6.45) is -4.19. The molecule has 156 valence electrons. The van der Waals surface area contributed by atoms with E-state index in [0.717, 1.165) is 12.1 Å². The van der Waals surface area contributed by atoms with Crippen molar-refractivity contribution in [2.45, 2.75) is 25.6 Å². The van der Waals surface area contributed by atoms with Crippen LogP contribution in [0.5, 0.6) is 5.75 Å². The molecule has 2 atom stereocenters. The minimum Gasteiger partial charge on any atom is -0.497 e. The predicted molar refractivity (Wildman–Crippen MR) is 100 cm³/mol. The molecule has 0 spiro atoms. The SMILES string of the molecule is COC(=O)[C@@H](NC(=O)C(C)Cc1ccc(C(F)(F)F)cc1)c1cccc(OC)c1. The lowest BCUT2D eigenvalue weighted by atomic mass is 9.98. The summed E-state index contributed by atoms with van der Waals surface area (Å²) in [7, 11) is 2.70. The van der Waals surface area contributed by atoms with E-state index in [1.807, 2.05) is 0 Å². The standard InChI is InChI=1S/C21H22F3NO4/c1-13(11-14-7-9-16(10-8-14)21(22,23)24)19(26)25-18(20(27)29-3)15-5-4-6-17(12-15)28-2/h4-10,12-13,18H,11H2,1-3H3,(H,25,26)/t13?,18-/m0/s1. The van der Waals surface area contributed by atoms with E-state index in [0.29, 0.717) is 16.9 Å². The van der Waals surface area contributed by atoms with Crippen molar-refractivity contribution in [1.82, 2.24) is 5.32 Å². The Bertz CT molecular complexity index is 850. The fraction of sp³-hybridized carbons (Fsp3) is 0.333. The number of carbonyl (C=O) groups is 2. The normalized spacial score (nSPS) is 13.3. The molecule has 8 heteroatoms. The predicted octanol–water partition coefficient (Wildman–Crippen LogP) is 3.92.